The number of pyridine rings is 1. The number of nitrogens with zero attached hydrogens (tertiary/aromatic N) is 3. The molecule has 1 fully saturated rings. The van der Waals surface area contributed by atoms with Crippen molar-refractivity contribution in [3.8, 4) is 17.3 Å². The van der Waals surface area contributed by atoms with E-state index in [4.69, 9.17) is 5.73 Å². The Morgan fingerprint density at radius 1 is 1.28 bits per heavy atom. The van der Waals surface area contributed by atoms with Crippen LogP contribution in [-0.4, -0.2) is 33.6 Å². The largest absolute Gasteiger partial charge is 0.383 e. The van der Waals surface area contributed by atoms with Crippen molar-refractivity contribution in [3.63, 3.8) is 0 Å². The molecule has 2 atom stereocenters. The Kier molecular flexibility index (Phi) is 4.31. The molecule has 2 aromatic rings. The molecule has 0 radical (unpaired) electrons. The van der Waals surface area contributed by atoms with Gasteiger partial charge in [0, 0.05) is 17.5 Å². The van der Waals surface area contributed by atoms with Crippen LogP contribution in [0.1, 0.15) is 52.9 Å². The van der Waals surface area contributed by atoms with Crippen LogP contribution in [0.4, 0.5) is 5.82 Å². The first-order valence-electron chi connectivity index (χ1n) is 9.29. The summed E-state index contributed by atoms with van der Waals surface area (Å²) < 4.78 is 0. The van der Waals surface area contributed by atoms with Gasteiger partial charge in [0.2, 0.25) is 11.8 Å². The van der Waals surface area contributed by atoms with E-state index in [0.717, 1.165) is 16.7 Å². The van der Waals surface area contributed by atoms with Gasteiger partial charge in [-0.2, -0.15) is 5.26 Å². The number of piperidine rings is 1. The van der Waals surface area contributed by atoms with Crippen LogP contribution in [0.15, 0.2) is 24.3 Å². The Labute approximate surface area is 167 Å². The smallest absolute Gasteiger partial charge is 0.255 e. The number of aryl methyl sites for hydroxylation is 1. The summed E-state index contributed by atoms with van der Waals surface area (Å²) in [7, 11) is 0. The van der Waals surface area contributed by atoms with E-state index in [-0.39, 0.29) is 30.1 Å². The van der Waals surface area contributed by atoms with Crippen molar-refractivity contribution >= 4 is 23.5 Å². The molecular formula is C21H19N5O3. The van der Waals surface area contributed by atoms with Gasteiger partial charge in [-0.1, -0.05) is 6.07 Å². The standard InChI is InChI=1S/C21H19N5O3/c1-10-7-16(24-19(23)15(10)9-22)12-3-4-13-14(8-12)11(2)26(21(13)29)17-5-6-18(27)25-20(17)28/h3-4,7-8,11,17H,5-6H2,1-2H3,(H2,23,24)(H,25,27,28)/t11-,17?/m0/s1. The molecule has 3 N–H and O–H groups in total. The lowest BCUT2D eigenvalue weighted by atomic mass is 9.98. The summed E-state index contributed by atoms with van der Waals surface area (Å²) in [6.07, 6.45) is 0.525. The summed E-state index contributed by atoms with van der Waals surface area (Å²) >= 11 is 0. The number of aromatic nitrogens is 1. The second-order valence-corrected chi connectivity index (χ2v) is 7.35. The van der Waals surface area contributed by atoms with Gasteiger partial charge in [-0.3, -0.25) is 19.7 Å². The minimum Gasteiger partial charge on any atom is -0.383 e. The van der Waals surface area contributed by atoms with Gasteiger partial charge >= 0.3 is 0 Å². The number of hydrogen-bond acceptors (Lipinski definition) is 6. The van der Waals surface area contributed by atoms with E-state index >= 15 is 0 Å². The number of nitriles is 1. The maximum absolute atomic E-state index is 13.0. The highest BCUT2D eigenvalue weighted by Crippen LogP contribution is 2.38. The van der Waals surface area contributed by atoms with Gasteiger partial charge in [-0.25, -0.2) is 4.98 Å². The van der Waals surface area contributed by atoms with Crippen molar-refractivity contribution in [2.45, 2.75) is 38.8 Å². The van der Waals surface area contributed by atoms with Crippen LogP contribution in [-0.2, 0) is 9.59 Å². The fourth-order valence-electron chi connectivity index (χ4n) is 4.08. The molecule has 2 aliphatic heterocycles. The lowest BCUT2D eigenvalue weighted by Crippen LogP contribution is -2.53. The third-order valence-electron chi connectivity index (χ3n) is 5.58. The maximum atomic E-state index is 13.0. The van der Waals surface area contributed by atoms with Crippen LogP contribution in [0.2, 0.25) is 0 Å². The lowest BCUT2D eigenvalue weighted by Gasteiger charge is -2.32. The number of fused-ring (bicyclic) bond motifs is 1. The maximum Gasteiger partial charge on any atom is 0.255 e. The quantitative estimate of drug-likeness (QED) is 0.754. The minimum atomic E-state index is -0.669. The highest BCUT2D eigenvalue weighted by Gasteiger charge is 2.43. The number of nitrogen functional groups attached to an aromatic ring is 1. The van der Waals surface area contributed by atoms with E-state index in [1.165, 1.54) is 0 Å². The molecule has 1 aromatic heterocycles. The molecule has 146 valence electrons. The second-order valence-electron chi connectivity index (χ2n) is 7.35. The summed E-state index contributed by atoms with van der Waals surface area (Å²) in [4.78, 5) is 42.6. The zero-order chi connectivity index (χ0) is 20.9. The SMILES string of the molecule is Cc1cc(-c2ccc3c(c2)[C@H](C)N(C2CCC(=O)NC2=O)C3=O)nc(N)c1C#N. The number of benzene rings is 1. The number of nitrogens with two attached hydrogens (primary N) is 1. The van der Waals surface area contributed by atoms with Gasteiger partial charge in [-0.05, 0) is 49.6 Å². The molecule has 8 heteroatoms. The van der Waals surface area contributed by atoms with Crippen molar-refractivity contribution in [2.75, 3.05) is 5.73 Å². The highest BCUT2D eigenvalue weighted by molar-refractivity contribution is 6.06. The summed E-state index contributed by atoms with van der Waals surface area (Å²) in [6.45, 7) is 3.66. The average Bonchev–Trinajstić information content (AvgIpc) is 2.92. The summed E-state index contributed by atoms with van der Waals surface area (Å²) in [5, 5.41) is 11.5. The first kappa shape index (κ1) is 18.6. The van der Waals surface area contributed by atoms with Gasteiger partial charge in [0.05, 0.1) is 17.3 Å². The van der Waals surface area contributed by atoms with E-state index in [0.29, 0.717) is 23.2 Å². The first-order chi connectivity index (χ1) is 13.8. The fourth-order valence-corrected chi connectivity index (χ4v) is 4.08. The van der Waals surface area contributed by atoms with Gasteiger partial charge in [0.25, 0.3) is 5.91 Å². The summed E-state index contributed by atoms with van der Waals surface area (Å²) in [5.41, 5.74) is 9.69. The highest BCUT2D eigenvalue weighted by atomic mass is 16.2. The van der Waals surface area contributed by atoms with Crippen molar-refractivity contribution < 1.29 is 14.4 Å². The van der Waals surface area contributed by atoms with Crippen LogP contribution >= 0.6 is 0 Å². The molecule has 0 spiro atoms. The van der Waals surface area contributed by atoms with E-state index in [2.05, 4.69) is 10.3 Å². The second kappa shape index (κ2) is 6.71. The van der Waals surface area contributed by atoms with E-state index in [9.17, 15) is 19.6 Å². The van der Waals surface area contributed by atoms with Crippen molar-refractivity contribution in [1.29, 1.82) is 5.26 Å². The lowest BCUT2D eigenvalue weighted by molar-refractivity contribution is -0.137. The fraction of sp³-hybridized carbons (Fsp3) is 0.286. The van der Waals surface area contributed by atoms with Gasteiger partial charge in [-0.15, -0.1) is 0 Å². The Morgan fingerprint density at radius 2 is 2.03 bits per heavy atom. The van der Waals surface area contributed by atoms with Crippen LogP contribution in [0.3, 0.4) is 0 Å². The summed E-state index contributed by atoms with van der Waals surface area (Å²) in [5.74, 6) is -0.814. The molecule has 3 amide bonds. The molecule has 3 heterocycles. The number of anilines is 1. The van der Waals surface area contributed by atoms with Crippen LogP contribution in [0.5, 0.6) is 0 Å². The van der Waals surface area contributed by atoms with Crippen molar-refractivity contribution in [3.05, 3.63) is 46.5 Å². The summed E-state index contributed by atoms with van der Waals surface area (Å²) in [6, 6.07) is 8.22. The normalized spacial score (nSPS) is 21.0. The van der Waals surface area contributed by atoms with Crippen molar-refractivity contribution in [2.24, 2.45) is 0 Å². The topological polar surface area (TPSA) is 129 Å². The molecule has 1 unspecified atom stereocenters. The Bertz CT molecular complexity index is 1090. The van der Waals surface area contributed by atoms with Crippen LogP contribution in [0, 0.1) is 18.3 Å². The molecular weight excluding hydrogens is 370 g/mol. The average molecular weight is 389 g/mol. The predicted octanol–water partition coefficient (Wildman–Crippen LogP) is 1.83. The van der Waals surface area contributed by atoms with Crippen molar-refractivity contribution in [1.82, 2.24) is 15.2 Å². The van der Waals surface area contributed by atoms with Gasteiger partial charge in [0.15, 0.2) is 0 Å². The zero-order valence-electron chi connectivity index (χ0n) is 16.0. The van der Waals surface area contributed by atoms with Crippen LogP contribution < -0.4 is 11.1 Å². The molecule has 2 aliphatic rings. The third-order valence-corrected chi connectivity index (χ3v) is 5.58. The number of nitrogens with one attached hydrogen (secondary N) is 1. The van der Waals surface area contributed by atoms with Gasteiger partial charge < -0.3 is 10.6 Å². The molecule has 29 heavy (non-hydrogen) atoms. The zero-order valence-corrected chi connectivity index (χ0v) is 16.0. The van der Waals surface area contributed by atoms with Gasteiger partial charge in [0.1, 0.15) is 17.9 Å². The molecule has 1 aromatic carbocycles. The monoisotopic (exact) mass is 389 g/mol. The van der Waals surface area contributed by atoms with E-state index in [1.807, 2.05) is 19.1 Å². The number of carbonyl (C=O) groups is 3. The molecule has 0 bridgehead atoms. The molecule has 0 saturated carbocycles. The molecule has 0 aliphatic carbocycles. The number of imide groups is 1. The van der Waals surface area contributed by atoms with E-state index < -0.39 is 11.9 Å². The van der Waals surface area contributed by atoms with Crippen LogP contribution in [0.25, 0.3) is 11.3 Å². The number of hydrogen-bond donors (Lipinski definition) is 2. The molecule has 4 rings (SSSR count). The predicted molar refractivity (Wildman–Crippen MR) is 104 cm³/mol. The molecule has 1 saturated heterocycles. The number of rotatable bonds is 2. The van der Waals surface area contributed by atoms with E-state index in [1.54, 1.807) is 30.0 Å². The Hall–Kier alpha value is -3.73. The third kappa shape index (κ3) is 2.91. The number of amides is 3. The Morgan fingerprint density at radius 3 is 2.69 bits per heavy atom. The Balaban J connectivity index is 1.71. The number of carbonyl (C=O) groups excluding carboxylic acids is 3. The molecule has 8 nitrogen and oxygen atoms in total. The first-order valence-corrected chi connectivity index (χ1v) is 9.29. The minimum absolute atomic E-state index is 0.164.